The van der Waals surface area contributed by atoms with Gasteiger partial charge < -0.3 is 4.90 Å². The normalized spacial score (nSPS) is 22.2. The number of halogens is 3. The predicted octanol–water partition coefficient (Wildman–Crippen LogP) is 3.26. The summed E-state index contributed by atoms with van der Waals surface area (Å²) < 4.78 is 27.2. The molecule has 1 heterocycles. The number of hydrogen-bond donors (Lipinski definition) is 0. The quantitative estimate of drug-likeness (QED) is 0.829. The molecule has 1 saturated carbocycles. The minimum atomic E-state index is -0.735. The highest BCUT2D eigenvalue weighted by atomic mass is 35.5. The van der Waals surface area contributed by atoms with E-state index >= 15 is 0 Å². The van der Waals surface area contributed by atoms with Crippen molar-refractivity contribution in [1.82, 2.24) is 4.90 Å². The van der Waals surface area contributed by atoms with E-state index in [0.717, 1.165) is 30.1 Å². The monoisotopic (exact) mass is 361 g/mol. The molecule has 0 radical (unpaired) electrons. The van der Waals surface area contributed by atoms with Crippen molar-refractivity contribution >= 4 is 40.9 Å². The van der Waals surface area contributed by atoms with Crippen LogP contribution in [0.15, 0.2) is 23.2 Å². The van der Waals surface area contributed by atoms with Crippen molar-refractivity contribution < 1.29 is 13.6 Å². The number of carbonyl (C=O) groups is 1. The van der Waals surface area contributed by atoms with Crippen LogP contribution < -0.4 is 4.90 Å². The van der Waals surface area contributed by atoms with Gasteiger partial charge >= 0.3 is 0 Å². The van der Waals surface area contributed by atoms with Gasteiger partial charge in [-0.2, -0.15) is 0 Å². The molecule has 1 saturated heterocycles. The van der Waals surface area contributed by atoms with Gasteiger partial charge in [-0.25, -0.2) is 8.78 Å². The van der Waals surface area contributed by atoms with Crippen molar-refractivity contribution in [2.24, 2.45) is 4.99 Å². The van der Waals surface area contributed by atoms with Gasteiger partial charge in [0, 0.05) is 25.8 Å². The Kier molecular flexibility index (Phi) is 5.52. The van der Waals surface area contributed by atoms with Crippen LogP contribution in [0.25, 0.3) is 0 Å². The summed E-state index contributed by atoms with van der Waals surface area (Å²) in [5.41, 5.74) is 0.0963. The molecule has 3 rings (SSSR count). The fourth-order valence-corrected chi connectivity index (χ4v) is 3.66. The Morgan fingerprint density at radius 2 is 2.09 bits per heavy atom. The third-order valence-corrected chi connectivity index (χ3v) is 4.87. The molecule has 1 atom stereocenters. The smallest absolute Gasteiger partial charge is 0.225 e. The van der Waals surface area contributed by atoms with E-state index in [1.807, 2.05) is 11.9 Å². The molecule has 0 bridgehead atoms. The van der Waals surface area contributed by atoms with Crippen molar-refractivity contribution in [2.45, 2.75) is 32.0 Å². The molecule has 23 heavy (non-hydrogen) atoms. The van der Waals surface area contributed by atoms with Gasteiger partial charge in [-0.05, 0) is 25.0 Å². The van der Waals surface area contributed by atoms with Gasteiger partial charge in [0.15, 0.2) is 5.17 Å². The van der Waals surface area contributed by atoms with Gasteiger partial charge in [-0.1, -0.05) is 11.8 Å². The lowest BCUT2D eigenvalue weighted by Crippen LogP contribution is -2.48. The largest absolute Gasteiger partial charge is 0.333 e. The van der Waals surface area contributed by atoms with E-state index < -0.39 is 11.6 Å². The molecule has 1 unspecified atom stereocenters. The number of benzene rings is 1. The fraction of sp³-hybridized carbons (Fsp3) is 0.467. The minimum Gasteiger partial charge on any atom is -0.333 e. The van der Waals surface area contributed by atoms with Crippen LogP contribution in [0.5, 0.6) is 0 Å². The first-order valence-electron chi connectivity index (χ1n) is 7.15. The highest BCUT2D eigenvalue weighted by Gasteiger charge is 2.36. The zero-order chi connectivity index (χ0) is 15.9. The Balaban J connectivity index is 0.00000192. The molecule has 4 nitrogen and oxygen atoms in total. The fourth-order valence-electron chi connectivity index (χ4n) is 2.44. The summed E-state index contributed by atoms with van der Waals surface area (Å²) in [5.74, 6) is -1.06. The zero-order valence-electron chi connectivity index (χ0n) is 12.8. The summed E-state index contributed by atoms with van der Waals surface area (Å²) in [6.07, 6.45) is 1.89. The number of amidine groups is 1. The topological polar surface area (TPSA) is 35.9 Å². The molecule has 0 N–H and O–H groups in total. The van der Waals surface area contributed by atoms with E-state index in [1.54, 1.807) is 11.8 Å². The number of rotatable bonds is 3. The van der Waals surface area contributed by atoms with Crippen molar-refractivity contribution in [3.05, 3.63) is 29.8 Å². The molecule has 0 spiro atoms. The molecular weight excluding hydrogens is 344 g/mol. The standard InChI is InChI=1S/C15H17F2N3OS.ClH/c1-9(21)20(13-6-3-10(16)7-12(13)17)14-8-22-15(19(14)2)18-11-4-5-11;/h3,6-7,11,14H,4-5,8H2,1-2H3;1H. The highest BCUT2D eigenvalue weighted by molar-refractivity contribution is 8.14. The van der Waals surface area contributed by atoms with Crippen molar-refractivity contribution in [3.63, 3.8) is 0 Å². The molecule has 1 aromatic carbocycles. The Labute approximate surface area is 144 Å². The van der Waals surface area contributed by atoms with Crippen LogP contribution in [-0.2, 0) is 4.79 Å². The average Bonchev–Trinajstić information content (AvgIpc) is 3.19. The van der Waals surface area contributed by atoms with Gasteiger partial charge in [0.25, 0.3) is 0 Å². The SMILES string of the molecule is CC(=O)N(c1ccc(F)cc1F)C1CSC(=NC2CC2)N1C.Cl. The lowest BCUT2D eigenvalue weighted by Gasteiger charge is -2.32. The molecule has 2 fully saturated rings. The molecule has 1 amide bonds. The maximum atomic E-state index is 14.1. The second-order valence-corrected chi connectivity index (χ2v) is 6.52. The first kappa shape index (κ1) is 18.0. The van der Waals surface area contributed by atoms with Crippen LogP contribution in [0.3, 0.4) is 0 Å². The van der Waals surface area contributed by atoms with E-state index in [1.165, 1.54) is 17.9 Å². The van der Waals surface area contributed by atoms with E-state index in [2.05, 4.69) is 4.99 Å². The van der Waals surface area contributed by atoms with Gasteiger partial charge in [0.05, 0.1) is 11.7 Å². The number of thioether (sulfide) groups is 1. The molecule has 0 aromatic heterocycles. The number of hydrogen-bond acceptors (Lipinski definition) is 3. The molecule has 1 aliphatic carbocycles. The second-order valence-electron chi connectivity index (χ2n) is 5.53. The van der Waals surface area contributed by atoms with Crippen LogP contribution in [-0.4, -0.2) is 41.0 Å². The molecular formula is C15H18ClF2N3OS. The number of amides is 1. The molecule has 2 aliphatic rings. The van der Waals surface area contributed by atoms with Crippen LogP contribution in [0, 0.1) is 11.6 Å². The molecule has 1 aromatic rings. The predicted molar refractivity (Wildman–Crippen MR) is 91.2 cm³/mol. The van der Waals surface area contributed by atoms with Gasteiger partial charge in [0.2, 0.25) is 5.91 Å². The first-order chi connectivity index (χ1) is 10.5. The summed E-state index contributed by atoms with van der Waals surface area (Å²) in [4.78, 5) is 19.9. The van der Waals surface area contributed by atoms with Crippen LogP contribution in [0.1, 0.15) is 19.8 Å². The Hall–Kier alpha value is -1.34. The summed E-state index contributed by atoms with van der Waals surface area (Å²) >= 11 is 1.56. The average molecular weight is 362 g/mol. The van der Waals surface area contributed by atoms with E-state index in [4.69, 9.17) is 0 Å². The Bertz CT molecular complexity index is 639. The Morgan fingerprint density at radius 1 is 1.39 bits per heavy atom. The molecule has 8 heteroatoms. The Morgan fingerprint density at radius 3 is 2.65 bits per heavy atom. The van der Waals surface area contributed by atoms with E-state index in [0.29, 0.717) is 11.8 Å². The number of aliphatic imine (C=N–C) groups is 1. The lowest BCUT2D eigenvalue weighted by molar-refractivity contribution is -0.117. The third kappa shape index (κ3) is 3.77. The maximum Gasteiger partial charge on any atom is 0.225 e. The third-order valence-electron chi connectivity index (χ3n) is 3.76. The van der Waals surface area contributed by atoms with E-state index in [-0.39, 0.29) is 30.2 Å². The van der Waals surface area contributed by atoms with Crippen LogP contribution in [0.4, 0.5) is 14.5 Å². The van der Waals surface area contributed by atoms with Crippen LogP contribution >= 0.6 is 24.2 Å². The van der Waals surface area contributed by atoms with Crippen LogP contribution in [0.2, 0.25) is 0 Å². The zero-order valence-corrected chi connectivity index (χ0v) is 14.5. The second kappa shape index (κ2) is 7.05. The minimum absolute atomic E-state index is 0. The lowest BCUT2D eigenvalue weighted by atomic mass is 10.2. The van der Waals surface area contributed by atoms with Gasteiger partial charge in [0.1, 0.15) is 17.8 Å². The van der Waals surface area contributed by atoms with Crippen molar-refractivity contribution in [2.75, 3.05) is 17.7 Å². The highest BCUT2D eigenvalue weighted by Crippen LogP contribution is 2.33. The number of carbonyl (C=O) groups excluding carboxylic acids is 1. The maximum absolute atomic E-state index is 14.1. The number of nitrogens with zero attached hydrogens (tertiary/aromatic N) is 3. The first-order valence-corrected chi connectivity index (χ1v) is 8.14. The molecule has 1 aliphatic heterocycles. The summed E-state index contributed by atoms with van der Waals surface area (Å²) in [5, 5.41) is 0.876. The van der Waals surface area contributed by atoms with E-state index in [9.17, 15) is 13.6 Å². The summed E-state index contributed by atoms with van der Waals surface area (Å²) in [6.45, 7) is 1.39. The molecule has 126 valence electrons. The summed E-state index contributed by atoms with van der Waals surface area (Å²) in [7, 11) is 1.85. The van der Waals surface area contributed by atoms with Gasteiger partial charge in [-0.15, -0.1) is 12.4 Å². The number of anilines is 1. The van der Waals surface area contributed by atoms with Gasteiger partial charge in [-0.3, -0.25) is 14.7 Å². The van der Waals surface area contributed by atoms with Crippen molar-refractivity contribution in [1.29, 1.82) is 0 Å². The van der Waals surface area contributed by atoms with Crippen molar-refractivity contribution in [3.8, 4) is 0 Å². The summed E-state index contributed by atoms with van der Waals surface area (Å²) in [6, 6.07) is 3.65.